The molecule has 2 rings (SSSR count). The molecular weight excluding hydrogens is 448 g/mol. The number of aryl methyl sites for hydroxylation is 1. The van der Waals surface area contributed by atoms with E-state index in [1.54, 1.807) is 6.92 Å². The molecule has 0 spiro atoms. The highest BCUT2D eigenvalue weighted by molar-refractivity contribution is 5.69. The molecule has 1 aliphatic carbocycles. The minimum absolute atomic E-state index is 0.0150. The number of benzene rings is 1. The number of aliphatic hydroxyl groups is 5. The Balaban J connectivity index is 1.67. The summed E-state index contributed by atoms with van der Waals surface area (Å²) in [6.07, 6.45) is 7.84. The van der Waals surface area contributed by atoms with Crippen LogP contribution < -0.4 is 0 Å². The molecule has 0 aromatic heterocycles. The summed E-state index contributed by atoms with van der Waals surface area (Å²) in [6, 6.07) is 10.1. The third-order valence-corrected chi connectivity index (χ3v) is 7.14. The fraction of sp³-hybridized carbons (Fsp3) is 0.679. The van der Waals surface area contributed by atoms with Crippen LogP contribution >= 0.6 is 0 Å². The minimum atomic E-state index is -0.823. The Morgan fingerprint density at radius 1 is 1.09 bits per heavy atom. The predicted octanol–water partition coefficient (Wildman–Crippen LogP) is 2.77. The monoisotopic (exact) mass is 492 g/mol. The first kappa shape index (κ1) is 29.5. The van der Waals surface area contributed by atoms with E-state index in [4.69, 9.17) is 4.74 Å². The molecule has 5 atom stereocenters. The van der Waals surface area contributed by atoms with Gasteiger partial charge in [-0.15, -0.1) is 0 Å². The number of carbonyl (C=O) groups is 1. The number of carbonyl (C=O) groups excluding carboxylic acids is 1. The Hall–Kier alpha value is -1.77. The van der Waals surface area contributed by atoms with E-state index in [2.05, 4.69) is 12.1 Å². The Morgan fingerprint density at radius 3 is 2.46 bits per heavy atom. The molecule has 0 radical (unpaired) electrons. The molecule has 1 aliphatic rings. The molecule has 1 fully saturated rings. The predicted molar refractivity (Wildman–Crippen MR) is 134 cm³/mol. The lowest BCUT2D eigenvalue weighted by Crippen LogP contribution is -2.32. The smallest absolute Gasteiger partial charge is 0.305 e. The fourth-order valence-electron chi connectivity index (χ4n) is 4.62. The molecule has 0 aliphatic heterocycles. The number of rotatable bonds is 16. The summed E-state index contributed by atoms with van der Waals surface area (Å²) in [5.74, 6) is -0.433. The molecular formula is C28H44O7. The van der Waals surface area contributed by atoms with Crippen LogP contribution in [0.5, 0.6) is 0 Å². The van der Waals surface area contributed by atoms with Crippen LogP contribution in [-0.2, 0) is 16.0 Å². The van der Waals surface area contributed by atoms with Gasteiger partial charge in [-0.2, -0.15) is 0 Å². The van der Waals surface area contributed by atoms with Gasteiger partial charge in [0.15, 0.2) is 0 Å². The molecule has 1 aromatic carbocycles. The summed E-state index contributed by atoms with van der Waals surface area (Å²) in [5, 5.41) is 49.8. The van der Waals surface area contributed by atoms with Crippen LogP contribution in [0, 0.1) is 17.3 Å². The zero-order chi connectivity index (χ0) is 25.7. The van der Waals surface area contributed by atoms with Crippen LogP contribution in [0.1, 0.15) is 63.9 Å². The summed E-state index contributed by atoms with van der Waals surface area (Å²) in [7, 11) is 0. The van der Waals surface area contributed by atoms with E-state index in [0.717, 1.165) is 6.42 Å². The van der Waals surface area contributed by atoms with Crippen molar-refractivity contribution < 1.29 is 35.1 Å². The largest absolute Gasteiger partial charge is 0.465 e. The van der Waals surface area contributed by atoms with Gasteiger partial charge < -0.3 is 30.3 Å². The van der Waals surface area contributed by atoms with Crippen molar-refractivity contribution in [2.24, 2.45) is 17.3 Å². The van der Waals surface area contributed by atoms with Gasteiger partial charge in [0, 0.05) is 11.8 Å². The fourth-order valence-corrected chi connectivity index (χ4v) is 4.62. The molecule has 1 saturated carbocycles. The van der Waals surface area contributed by atoms with Crippen molar-refractivity contribution in [3.05, 3.63) is 48.0 Å². The molecule has 35 heavy (non-hydrogen) atoms. The number of ether oxygens (including phenoxy) is 1. The Kier molecular flexibility index (Phi) is 12.9. The Labute approximate surface area is 209 Å². The molecule has 7 nitrogen and oxygen atoms in total. The van der Waals surface area contributed by atoms with Crippen LogP contribution in [-0.4, -0.2) is 69.6 Å². The average molecular weight is 493 g/mol. The second-order valence-electron chi connectivity index (χ2n) is 10.3. The highest BCUT2D eigenvalue weighted by atomic mass is 16.5. The van der Waals surface area contributed by atoms with Gasteiger partial charge in [0.1, 0.15) is 6.61 Å². The first-order valence-corrected chi connectivity index (χ1v) is 12.9. The van der Waals surface area contributed by atoms with Crippen molar-refractivity contribution in [3.63, 3.8) is 0 Å². The number of esters is 1. The first-order chi connectivity index (χ1) is 16.8. The quantitative estimate of drug-likeness (QED) is 0.136. The summed E-state index contributed by atoms with van der Waals surface area (Å²) in [6.45, 7) is 1.12. The van der Waals surface area contributed by atoms with Crippen LogP contribution in [0.15, 0.2) is 42.5 Å². The number of hydrogen-bond donors (Lipinski definition) is 5. The summed E-state index contributed by atoms with van der Waals surface area (Å²) in [4.78, 5) is 11.8. The van der Waals surface area contributed by atoms with E-state index in [0.29, 0.717) is 44.9 Å². The van der Waals surface area contributed by atoms with Crippen molar-refractivity contribution in [3.8, 4) is 0 Å². The maximum absolute atomic E-state index is 11.8. The highest BCUT2D eigenvalue weighted by Gasteiger charge is 2.40. The Morgan fingerprint density at radius 2 is 1.77 bits per heavy atom. The second kappa shape index (κ2) is 15.4. The van der Waals surface area contributed by atoms with Gasteiger partial charge in [-0.1, -0.05) is 49.4 Å². The van der Waals surface area contributed by atoms with Crippen molar-refractivity contribution >= 4 is 5.97 Å². The summed E-state index contributed by atoms with van der Waals surface area (Å²) in [5.41, 5.74) is 0.379. The van der Waals surface area contributed by atoms with Crippen molar-refractivity contribution in [2.75, 3.05) is 19.8 Å². The standard InChI is InChI=1S/C28H44O7/c1-28(18-29,19-30)20-35-27(34)12-8-3-2-7-11-23-24(26(33)17-25(23)32)16-15-22(31)14-13-21-9-5-4-6-10-21/h2,4-7,9-10,22-26,29-33H,3,8,11-20H2,1H3/t22?,23-,24-,25+,26-/m1/s1. The number of aliphatic hydroxyl groups excluding tert-OH is 5. The summed E-state index contributed by atoms with van der Waals surface area (Å²) >= 11 is 0. The molecule has 7 heteroatoms. The third-order valence-electron chi connectivity index (χ3n) is 7.14. The lowest BCUT2D eigenvalue weighted by Gasteiger charge is -2.23. The van der Waals surface area contributed by atoms with E-state index >= 15 is 0 Å². The Bertz CT molecular complexity index is 747. The topological polar surface area (TPSA) is 127 Å². The van der Waals surface area contributed by atoms with Crippen LogP contribution in [0.2, 0.25) is 0 Å². The van der Waals surface area contributed by atoms with Gasteiger partial charge in [-0.05, 0) is 68.8 Å². The zero-order valence-electron chi connectivity index (χ0n) is 21.0. The number of unbranched alkanes of at least 4 members (excludes halogenated alkanes) is 1. The third kappa shape index (κ3) is 10.4. The van der Waals surface area contributed by atoms with Gasteiger partial charge >= 0.3 is 5.97 Å². The maximum atomic E-state index is 11.8. The van der Waals surface area contributed by atoms with E-state index in [1.165, 1.54) is 5.56 Å². The van der Waals surface area contributed by atoms with Crippen LogP contribution in [0.25, 0.3) is 0 Å². The molecule has 0 heterocycles. The van der Waals surface area contributed by atoms with Gasteiger partial charge in [0.2, 0.25) is 0 Å². The maximum Gasteiger partial charge on any atom is 0.305 e. The van der Waals surface area contributed by atoms with Gasteiger partial charge in [0.25, 0.3) is 0 Å². The van der Waals surface area contributed by atoms with Gasteiger partial charge in [-0.3, -0.25) is 4.79 Å². The number of hydrogen-bond acceptors (Lipinski definition) is 7. The first-order valence-electron chi connectivity index (χ1n) is 12.9. The molecule has 198 valence electrons. The van der Waals surface area contributed by atoms with Crippen LogP contribution in [0.3, 0.4) is 0 Å². The second-order valence-corrected chi connectivity index (χ2v) is 10.3. The lowest BCUT2D eigenvalue weighted by atomic mass is 9.85. The molecule has 0 bridgehead atoms. The van der Waals surface area contributed by atoms with E-state index in [-0.39, 0.29) is 44.0 Å². The van der Waals surface area contributed by atoms with Crippen molar-refractivity contribution in [2.45, 2.75) is 83.0 Å². The minimum Gasteiger partial charge on any atom is -0.465 e. The average Bonchev–Trinajstić information content (AvgIpc) is 3.14. The molecule has 0 amide bonds. The van der Waals surface area contributed by atoms with Crippen molar-refractivity contribution in [1.82, 2.24) is 0 Å². The lowest BCUT2D eigenvalue weighted by molar-refractivity contribution is -0.149. The van der Waals surface area contributed by atoms with E-state index in [9.17, 15) is 30.3 Å². The van der Waals surface area contributed by atoms with E-state index in [1.807, 2.05) is 30.4 Å². The van der Waals surface area contributed by atoms with E-state index < -0.39 is 23.7 Å². The van der Waals surface area contributed by atoms with Crippen LogP contribution in [0.4, 0.5) is 0 Å². The molecule has 1 unspecified atom stereocenters. The molecule has 1 aromatic rings. The highest BCUT2D eigenvalue weighted by Crippen LogP contribution is 2.38. The molecule has 5 N–H and O–H groups in total. The normalized spacial score (nSPS) is 23.6. The SMILES string of the molecule is CC(CO)(CO)COC(=O)CCCC=CC[C@@H]1[C@@H](CCC(O)CCc2ccccc2)[C@H](O)C[C@@H]1O. The molecule has 0 saturated heterocycles. The zero-order valence-corrected chi connectivity index (χ0v) is 21.0. The summed E-state index contributed by atoms with van der Waals surface area (Å²) < 4.78 is 5.14. The van der Waals surface area contributed by atoms with Crippen molar-refractivity contribution in [1.29, 1.82) is 0 Å². The van der Waals surface area contributed by atoms with Gasteiger partial charge in [0.05, 0.1) is 31.5 Å². The van der Waals surface area contributed by atoms with Gasteiger partial charge in [-0.25, -0.2) is 0 Å². The number of allylic oxidation sites excluding steroid dienone is 2.